The molecule has 3 atom stereocenters. The summed E-state index contributed by atoms with van der Waals surface area (Å²) in [4.78, 5) is 11.3. The predicted octanol–water partition coefficient (Wildman–Crippen LogP) is 5.27. The van der Waals surface area contributed by atoms with Crippen LogP contribution in [0.1, 0.15) is 54.6 Å². The summed E-state index contributed by atoms with van der Waals surface area (Å²) >= 11 is 0. The SMILES string of the molecule is CC[C@H]1CN2CCc3cc(OC)c(OC)cc3[C@@H]2C[C@@H]1CC1=NCCc2c1[nH]c1ccc(O)cc21. The highest BCUT2D eigenvalue weighted by atomic mass is 16.5. The Kier molecular flexibility index (Phi) is 5.72. The second-order valence-electron chi connectivity index (χ2n) is 10.3. The van der Waals surface area contributed by atoms with Crippen molar-refractivity contribution in [1.29, 1.82) is 0 Å². The molecule has 1 saturated heterocycles. The third-order valence-corrected chi connectivity index (χ3v) is 8.60. The van der Waals surface area contributed by atoms with Crippen LogP contribution in [0.3, 0.4) is 0 Å². The van der Waals surface area contributed by atoms with Crippen LogP contribution in [-0.2, 0) is 12.8 Å². The number of phenols is 1. The summed E-state index contributed by atoms with van der Waals surface area (Å²) < 4.78 is 11.3. The third-order valence-electron chi connectivity index (χ3n) is 8.60. The molecule has 2 aromatic carbocycles. The number of methoxy groups -OCH3 is 2. The van der Waals surface area contributed by atoms with Gasteiger partial charge in [0.15, 0.2) is 11.5 Å². The maximum absolute atomic E-state index is 10.0. The normalized spacial score (nSPS) is 23.9. The Bertz CT molecular complexity index is 1290. The van der Waals surface area contributed by atoms with E-state index in [1.165, 1.54) is 34.5 Å². The maximum atomic E-state index is 10.0. The molecule has 0 spiro atoms. The lowest BCUT2D eigenvalue weighted by atomic mass is 9.73. The van der Waals surface area contributed by atoms with Crippen molar-refractivity contribution in [2.75, 3.05) is 33.9 Å². The number of benzene rings is 2. The number of H-pyrrole nitrogens is 1. The minimum atomic E-state index is 0.324. The van der Waals surface area contributed by atoms with Crippen LogP contribution in [0.2, 0.25) is 0 Å². The van der Waals surface area contributed by atoms with E-state index in [2.05, 4.69) is 28.9 Å². The quantitative estimate of drug-likeness (QED) is 0.530. The van der Waals surface area contributed by atoms with Gasteiger partial charge in [0.1, 0.15) is 5.75 Å². The molecule has 1 aromatic heterocycles. The molecule has 35 heavy (non-hydrogen) atoms. The summed E-state index contributed by atoms with van der Waals surface area (Å²) in [6, 6.07) is 10.4. The number of aromatic hydroxyl groups is 1. The molecule has 0 radical (unpaired) electrons. The molecule has 6 nitrogen and oxygen atoms in total. The minimum Gasteiger partial charge on any atom is -0.508 e. The van der Waals surface area contributed by atoms with Crippen molar-refractivity contribution in [2.24, 2.45) is 16.8 Å². The largest absolute Gasteiger partial charge is 0.508 e. The van der Waals surface area contributed by atoms with E-state index < -0.39 is 0 Å². The number of hydrogen-bond acceptors (Lipinski definition) is 5. The number of nitrogens with zero attached hydrogens (tertiary/aromatic N) is 2. The molecule has 6 rings (SSSR count). The zero-order valence-electron chi connectivity index (χ0n) is 20.9. The summed E-state index contributed by atoms with van der Waals surface area (Å²) in [5.74, 6) is 3.21. The molecule has 0 saturated carbocycles. The second kappa shape index (κ2) is 8.90. The van der Waals surface area contributed by atoms with Crippen LogP contribution in [0.25, 0.3) is 10.9 Å². The molecule has 3 aliphatic rings. The van der Waals surface area contributed by atoms with Crippen molar-refractivity contribution in [3.63, 3.8) is 0 Å². The molecular weight excluding hydrogens is 438 g/mol. The third kappa shape index (κ3) is 3.79. The van der Waals surface area contributed by atoms with Gasteiger partial charge in [-0.05, 0) is 84.5 Å². The number of aromatic nitrogens is 1. The summed E-state index contributed by atoms with van der Waals surface area (Å²) in [6.07, 6.45) is 5.31. The number of hydrogen-bond donors (Lipinski definition) is 2. The van der Waals surface area contributed by atoms with E-state index in [1.807, 2.05) is 12.1 Å². The van der Waals surface area contributed by atoms with E-state index in [9.17, 15) is 5.11 Å². The Morgan fingerprint density at radius 1 is 1.09 bits per heavy atom. The van der Waals surface area contributed by atoms with Crippen LogP contribution in [0.15, 0.2) is 35.3 Å². The molecule has 1 fully saturated rings. The Morgan fingerprint density at radius 3 is 2.71 bits per heavy atom. The molecule has 0 unspecified atom stereocenters. The van der Waals surface area contributed by atoms with Crippen LogP contribution in [0, 0.1) is 11.8 Å². The first-order valence-electron chi connectivity index (χ1n) is 13.0. The van der Waals surface area contributed by atoms with Crippen LogP contribution in [-0.4, -0.2) is 54.6 Å². The number of nitrogens with one attached hydrogen (secondary N) is 1. The van der Waals surface area contributed by atoms with Gasteiger partial charge in [-0.3, -0.25) is 9.89 Å². The lowest BCUT2D eigenvalue weighted by molar-refractivity contribution is 0.0546. The molecule has 4 heterocycles. The van der Waals surface area contributed by atoms with Gasteiger partial charge in [0, 0.05) is 36.6 Å². The van der Waals surface area contributed by atoms with E-state index in [0.29, 0.717) is 23.6 Å². The highest BCUT2D eigenvalue weighted by Gasteiger charge is 2.39. The Morgan fingerprint density at radius 2 is 1.91 bits per heavy atom. The monoisotopic (exact) mass is 473 g/mol. The number of piperidine rings is 1. The van der Waals surface area contributed by atoms with E-state index >= 15 is 0 Å². The summed E-state index contributed by atoms with van der Waals surface area (Å²) in [5.41, 5.74) is 7.59. The predicted molar refractivity (Wildman–Crippen MR) is 139 cm³/mol. The molecule has 0 aliphatic carbocycles. The van der Waals surface area contributed by atoms with Gasteiger partial charge < -0.3 is 19.6 Å². The van der Waals surface area contributed by atoms with Crippen molar-refractivity contribution in [2.45, 2.75) is 45.1 Å². The molecule has 0 bridgehead atoms. The fourth-order valence-electron chi connectivity index (χ4n) is 6.75. The van der Waals surface area contributed by atoms with E-state index in [0.717, 1.165) is 67.7 Å². The summed E-state index contributed by atoms with van der Waals surface area (Å²) in [6.45, 7) is 5.40. The molecule has 2 N–H and O–H groups in total. The van der Waals surface area contributed by atoms with Gasteiger partial charge >= 0.3 is 0 Å². The molecule has 3 aliphatic heterocycles. The number of ether oxygens (including phenoxy) is 2. The average Bonchev–Trinajstić information content (AvgIpc) is 3.26. The summed E-state index contributed by atoms with van der Waals surface area (Å²) in [7, 11) is 3.44. The van der Waals surface area contributed by atoms with Crippen molar-refractivity contribution in [1.82, 2.24) is 9.88 Å². The van der Waals surface area contributed by atoms with Crippen LogP contribution >= 0.6 is 0 Å². The minimum absolute atomic E-state index is 0.324. The first-order chi connectivity index (χ1) is 17.1. The maximum Gasteiger partial charge on any atom is 0.161 e. The second-order valence-corrected chi connectivity index (χ2v) is 10.3. The van der Waals surface area contributed by atoms with Crippen molar-refractivity contribution >= 4 is 16.6 Å². The number of phenolic OH excluding ortho intramolecular Hbond substituents is 1. The van der Waals surface area contributed by atoms with Crippen LogP contribution in [0.4, 0.5) is 0 Å². The summed E-state index contributed by atoms with van der Waals surface area (Å²) in [5, 5.41) is 11.2. The van der Waals surface area contributed by atoms with Crippen LogP contribution in [0.5, 0.6) is 17.2 Å². The fraction of sp³-hybridized carbons (Fsp3) is 0.483. The first kappa shape index (κ1) is 22.5. The van der Waals surface area contributed by atoms with Gasteiger partial charge in [-0.2, -0.15) is 0 Å². The lowest BCUT2D eigenvalue weighted by Crippen LogP contribution is -2.46. The molecule has 3 aromatic rings. The highest BCUT2D eigenvalue weighted by Crippen LogP contribution is 2.46. The van der Waals surface area contributed by atoms with Crippen LogP contribution < -0.4 is 9.47 Å². The van der Waals surface area contributed by atoms with Gasteiger partial charge in [-0.15, -0.1) is 0 Å². The molecule has 184 valence electrons. The zero-order valence-corrected chi connectivity index (χ0v) is 20.9. The van der Waals surface area contributed by atoms with Crippen molar-refractivity contribution < 1.29 is 14.6 Å². The number of aliphatic imine (C=N–C) groups is 1. The lowest BCUT2D eigenvalue weighted by Gasteiger charge is -2.47. The van der Waals surface area contributed by atoms with Gasteiger partial charge in [0.2, 0.25) is 0 Å². The molecule has 6 heteroatoms. The Balaban J connectivity index is 1.32. The standard InChI is InChI=1S/C29H35N3O3/c1-4-17-16-32-10-8-18-13-27(34-2)28(35-3)15-22(18)26(32)12-19(17)11-25-29-21(7-9-30-25)23-14-20(33)5-6-24(23)31-29/h5-6,13-15,17,19,26,31,33H,4,7-12,16H2,1-3H3/t17-,19-,26-/m0/s1. The average molecular weight is 474 g/mol. The topological polar surface area (TPSA) is 70.1 Å². The van der Waals surface area contributed by atoms with Crippen molar-refractivity contribution in [3.8, 4) is 17.2 Å². The number of rotatable bonds is 5. The highest BCUT2D eigenvalue weighted by molar-refractivity contribution is 6.06. The smallest absolute Gasteiger partial charge is 0.161 e. The zero-order chi connectivity index (χ0) is 24.1. The number of aromatic amines is 1. The Hall–Kier alpha value is -2.99. The van der Waals surface area contributed by atoms with E-state index in [4.69, 9.17) is 14.5 Å². The van der Waals surface area contributed by atoms with Gasteiger partial charge in [0.05, 0.1) is 25.6 Å². The molecule has 0 amide bonds. The van der Waals surface area contributed by atoms with Gasteiger partial charge in [0.25, 0.3) is 0 Å². The van der Waals surface area contributed by atoms with Gasteiger partial charge in [-0.25, -0.2) is 0 Å². The van der Waals surface area contributed by atoms with E-state index in [1.54, 1.807) is 20.3 Å². The van der Waals surface area contributed by atoms with E-state index in [-0.39, 0.29) is 0 Å². The first-order valence-corrected chi connectivity index (χ1v) is 13.0. The fourth-order valence-corrected chi connectivity index (χ4v) is 6.75. The molecular formula is C29H35N3O3. The number of fused-ring (bicyclic) bond motifs is 6. The Labute approximate surface area is 207 Å². The van der Waals surface area contributed by atoms with Crippen molar-refractivity contribution in [3.05, 3.63) is 52.7 Å². The van der Waals surface area contributed by atoms with Gasteiger partial charge in [-0.1, -0.05) is 13.3 Å².